The summed E-state index contributed by atoms with van der Waals surface area (Å²) in [5.74, 6) is 1.29. The highest BCUT2D eigenvalue weighted by molar-refractivity contribution is 5.75. The number of para-hydroxylation sites is 2. The first-order valence-corrected chi connectivity index (χ1v) is 6.84. The number of esters is 1. The Balaban J connectivity index is 1.85. The predicted molar refractivity (Wildman–Crippen MR) is 75.1 cm³/mol. The highest BCUT2D eigenvalue weighted by Gasteiger charge is 2.31. The Bertz CT molecular complexity index is 449. The summed E-state index contributed by atoms with van der Waals surface area (Å²) in [6, 6.07) is 7.43. The van der Waals surface area contributed by atoms with E-state index in [0.717, 1.165) is 30.9 Å². The number of carbonyl (C=O) groups excluding carboxylic acids is 1. The number of hydrogen-bond donors (Lipinski definition) is 0. The van der Waals surface area contributed by atoms with Crippen LogP contribution in [0.4, 0.5) is 0 Å². The number of nitrogens with zero attached hydrogens (tertiary/aromatic N) is 1. The SMILES string of the molecule is COC(=O)[C@@H]1CCCN1CCOc1ccccc1OC. The summed E-state index contributed by atoms with van der Waals surface area (Å²) in [5, 5.41) is 0. The van der Waals surface area contributed by atoms with Gasteiger partial charge in [-0.2, -0.15) is 0 Å². The number of hydrogen-bond acceptors (Lipinski definition) is 5. The number of ether oxygens (including phenoxy) is 3. The van der Waals surface area contributed by atoms with E-state index in [1.54, 1.807) is 7.11 Å². The van der Waals surface area contributed by atoms with E-state index in [-0.39, 0.29) is 12.0 Å². The molecule has 5 nitrogen and oxygen atoms in total. The van der Waals surface area contributed by atoms with Crippen molar-refractivity contribution in [3.05, 3.63) is 24.3 Å². The lowest BCUT2D eigenvalue weighted by Crippen LogP contribution is -2.39. The van der Waals surface area contributed by atoms with Gasteiger partial charge in [-0.05, 0) is 31.5 Å². The van der Waals surface area contributed by atoms with Gasteiger partial charge in [0.05, 0.1) is 14.2 Å². The number of likely N-dealkylation sites (tertiary alicyclic amines) is 1. The smallest absolute Gasteiger partial charge is 0.323 e. The molecule has 1 aliphatic heterocycles. The van der Waals surface area contributed by atoms with Crippen LogP contribution in [-0.4, -0.2) is 50.8 Å². The van der Waals surface area contributed by atoms with Gasteiger partial charge in [0.15, 0.2) is 11.5 Å². The van der Waals surface area contributed by atoms with Crippen LogP contribution in [0.5, 0.6) is 11.5 Å². The minimum absolute atomic E-state index is 0.124. The number of rotatable bonds is 6. The van der Waals surface area contributed by atoms with Crippen LogP contribution in [0.15, 0.2) is 24.3 Å². The lowest BCUT2D eigenvalue weighted by atomic mass is 10.2. The van der Waals surface area contributed by atoms with E-state index in [1.165, 1.54) is 7.11 Å². The van der Waals surface area contributed by atoms with Crippen molar-refractivity contribution in [2.24, 2.45) is 0 Å². The molecule has 1 aromatic carbocycles. The molecular weight excluding hydrogens is 258 g/mol. The number of methoxy groups -OCH3 is 2. The molecule has 1 atom stereocenters. The summed E-state index contributed by atoms with van der Waals surface area (Å²) in [6.07, 6.45) is 1.88. The minimum atomic E-state index is -0.153. The summed E-state index contributed by atoms with van der Waals surface area (Å²) in [7, 11) is 3.06. The zero-order valence-corrected chi connectivity index (χ0v) is 12.0. The van der Waals surface area contributed by atoms with Crippen molar-refractivity contribution in [1.29, 1.82) is 0 Å². The lowest BCUT2D eigenvalue weighted by Gasteiger charge is -2.22. The molecule has 5 heteroatoms. The fraction of sp³-hybridized carbons (Fsp3) is 0.533. The van der Waals surface area contributed by atoms with Crippen LogP contribution < -0.4 is 9.47 Å². The minimum Gasteiger partial charge on any atom is -0.493 e. The van der Waals surface area contributed by atoms with Gasteiger partial charge in [0.25, 0.3) is 0 Å². The first kappa shape index (κ1) is 14.7. The van der Waals surface area contributed by atoms with Crippen LogP contribution in [0.25, 0.3) is 0 Å². The summed E-state index contributed by atoms with van der Waals surface area (Å²) in [6.45, 7) is 2.14. The molecule has 0 amide bonds. The average Bonchev–Trinajstić information content (AvgIpc) is 2.95. The average molecular weight is 279 g/mol. The van der Waals surface area contributed by atoms with Crippen molar-refractivity contribution in [3.8, 4) is 11.5 Å². The molecule has 1 aliphatic rings. The summed E-state index contributed by atoms with van der Waals surface area (Å²) in [4.78, 5) is 13.7. The molecular formula is C15H21NO4. The van der Waals surface area contributed by atoms with Crippen LogP contribution in [0.1, 0.15) is 12.8 Å². The monoisotopic (exact) mass is 279 g/mol. The second-order valence-electron chi connectivity index (χ2n) is 4.72. The zero-order valence-electron chi connectivity index (χ0n) is 12.0. The van der Waals surface area contributed by atoms with Gasteiger partial charge in [-0.1, -0.05) is 12.1 Å². The molecule has 1 heterocycles. The Morgan fingerprint density at radius 1 is 1.30 bits per heavy atom. The molecule has 1 fully saturated rings. The molecule has 0 radical (unpaired) electrons. The van der Waals surface area contributed by atoms with Gasteiger partial charge >= 0.3 is 5.97 Å². The molecule has 1 aromatic rings. The van der Waals surface area contributed by atoms with Crippen LogP contribution >= 0.6 is 0 Å². The van der Waals surface area contributed by atoms with Crippen LogP contribution in [-0.2, 0) is 9.53 Å². The van der Waals surface area contributed by atoms with Gasteiger partial charge in [0.2, 0.25) is 0 Å². The first-order chi connectivity index (χ1) is 9.76. The second-order valence-corrected chi connectivity index (χ2v) is 4.72. The van der Waals surface area contributed by atoms with Crippen LogP contribution in [0.3, 0.4) is 0 Å². The number of carbonyl (C=O) groups is 1. The molecule has 0 unspecified atom stereocenters. The van der Waals surface area contributed by atoms with Gasteiger partial charge < -0.3 is 14.2 Å². The summed E-state index contributed by atoms with van der Waals surface area (Å²) >= 11 is 0. The van der Waals surface area contributed by atoms with Gasteiger partial charge in [-0.25, -0.2) is 0 Å². The maximum Gasteiger partial charge on any atom is 0.323 e. The largest absolute Gasteiger partial charge is 0.493 e. The second kappa shape index (κ2) is 7.14. The quantitative estimate of drug-likeness (QED) is 0.742. The van der Waals surface area contributed by atoms with Crippen molar-refractivity contribution < 1.29 is 19.0 Å². The molecule has 0 saturated carbocycles. The van der Waals surface area contributed by atoms with Crippen molar-refractivity contribution >= 4 is 5.97 Å². The molecule has 0 aliphatic carbocycles. The molecule has 1 saturated heterocycles. The third-order valence-corrected chi connectivity index (χ3v) is 3.54. The summed E-state index contributed by atoms with van der Waals surface area (Å²) in [5.41, 5.74) is 0. The molecule has 0 spiro atoms. The van der Waals surface area contributed by atoms with E-state index in [4.69, 9.17) is 14.2 Å². The Kier molecular flexibility index (Phi) is 5.24. The Morgan fingerprint density at radius 2 is 2.05 bits per heavy atom. The first-order valence-electron chi connectivity index (χ1n) is 6.84. The molecule has 0 aromatic heterocycles. The predicted octanol–water partition coefficient (Wildman–Crippen LogP) is 1.71. The highest BCUT2D eigenvalue weighted by atomic mass is 16.5. The molecule has 20 heavy (non-hydrogen) atoms. The maximum absolute atomic E-state index is 11.6. The van der Waals surface area contributed by atoms with Crippen LogP contribution in [0, 0.1) is 0 Å². The molecule has 110 valence electrons. The van der Waals surface area contributed by atoms with Crippen molar-refractivity contribution in [1.82, 2.24) is 4.90 Å². The van der Waals surface area contributed by atoms with Gasteiger partial charge in [0, 0.05) is 6.54 Å². The molecule has 2 rings (SSSR count). The van der Waals surface area contributed by atoms with Crippen LogP contribution in [0.2, 0.25) is 0 Å². The Hall–Kier alpha value is -1.75. The number of benzene rings is 1. The molecule has 0 N–H and O–H groups in total. The van der Waals surface area contributed by atoms with Gasteiger partial charge in [-0.3, -0.25) is 9.69 Å². The van der Waals surface area contributed by atoms with E-state index in [9.17, 15) is 4.79 Å². The van der Waals surface area contributed by atoms with Gasteiger partial charge in [0.1, 0.15) is 12.6 Å². The van der Waals surface area contributed by atoms with Crippen molar-refractivity contribution in [2.45, 2.75) is 18.9 Å². The Labute approximate surface area is 119 Å². The fourth-order valence-corrected chi connectivity index (χ4v) is 2.51. The standard InChI is InChI=1S/C15H21NO4/c1-18-13-7-3-4-8-14(13)20-11-10-16-9-5-6-12(16)15(17)19-2/h3-4,7-8,12H,5-6,9-11H2,1-2H3/t12-/m0/s1. The lowest BCUT2D eigenvalue weighted by molar-refractivity contribution is -0.145. The third-order valence-electron chi connectivity index (χ3n) is 3.54. The molecule has 0 bridgehead atoms. The normalized spacial score (nSPS) is 18.8. The van der Waals surface area contributed by atoms with E-state index in [2.05, 4.69) is 4.90 Å². The Morgan fingerprint density at radius 3 is 2.75 bits per heavy atom. The van der Waals surface area contributed by atoms with Gasteiger partial charge in [-0.15, -0.1) is 0 Å². The van der Waals surface area contributed by atoms with E-state index in [1.807, 2.05) is 24.3 Å². The van der Waals surface area contributed by atoms with Crippen molar-refractivity contribution in [3.63, 3.8) is 0 Å². The third kappa shape index (κ3) is 3.42. The highest BCUT2D eigenvalue weighted by Crippen LogP contribution is 2.26. The van der Waals surface area contributed by atoms with E-state index >= 15 is 0 Å². The zero-order chi connectivity index (χ0) is 14.4. The van der Waals surface area contributed by atoms with E-state index < -0.39 is 0 Å². The van der Waals surface area contributed by atoms with Crippen molar-refractivity contribution in [2.75, 3.05) is 33.9 Å². The summed E-state index contributed by atoms with van der Waals surface area (Å²) < 4.78 is 15.8. The van der Waals surface area contributed by atoms with E-state index in [0.29, 0.717) is 13.2 Å². The topological polar surface area (TPSA) is 48.0 Å². The maximum atomic E-state index is 11.6. The fourth-order valence-electron chi connectivity index (χ4n) is 2.51.